The lowest BCUT2D eigenvalue weighted by molar-refractivity contribution is -0.385. The lowest BCUT2D eigenvalue weighted by Crippen LogP contribution is -2.19. The van der Waals surface area contributed by atoms with Crippen LogP contribution < -0.4 is 11.0 Å². The highest BCUT2D eigenvalue weighted by molar-refractivity contribution is 7.99. The van der Waals surface area contributed by atoms with Gasteiger partial charge in [-0.1, -0.05) is 0 Å². The van der Waals surface area contributed by atoms with Gasteiger partial charge in [0.2, 0.25) is 0 Å². The van der Waals surface area contributed by atoms with E-state index < -0.39 is 4.92 Å². The molecule has 0 aliphatic carbocycles. The van der Waals surface area contributed by atoms with Gasteiger partial charge in [-0.15, -0.1) is 5.10 Å². The lowest BCUT2D eigenvalue weighted by atomic mass is 10.4. The molecule has 10 heteroatoms. The average molecular weight is 310 g/mol. The topological polar surface area (TPSA) is 119 Å². The first kappa shape index (κ1) is 15.0. The van der Waals surface area contributed by atoms with Gasteiger partial charge in [-0.3, -0.25) is 14.7 Å². The maximum absolute atomic E-state index is 11.7. The fourth-order valence-corrected chi connectivity index (χ4v) is 2.68. The number of hydrogen-bond donors (Lipinski definition) is 2. The van der Waals surface area contributed by atoms with E-state index in [1.54, 1.807) is 7.05 Å². The van der Waals surface area contributed by atoms with Crippen molar-refractivity contribution in [3.63, 3.8) is 0 Å². The number of aromatic amines is 1. The van der Waals surface area contributed by atoms with E-state index in [0.717, 1.165) is 11.8 Å². The normalized spacial score (nSPS) is 10.9. The van der Waals surface area contributed by atoms with Crippen molar-refractivity contribution in [2.45, 2.75) is 30.1 Å². The minimum absolute atomic E-state index is 0.0779. The maximum atomic E-state index is 11.7. The molecule has 2 N–H and O–H groups in total. The van der Waals surface area contributed by atoms with Gasteiger partial charge in [0.05, 0.1) is 11.0 Å². The second-order valence-electron chi connectivity index (χ2n) is 4.43. The zero-order valence-corrected chi connectivity index (χ0v) is 12.5. The van der Waals surface area contributed by atoms with Crippen molar-refractivity contribution in [3.05, 3.63) is 32.7 Å². The standard InChI is InChI=1S/C11H14N6O3S/c1-6(2)16-10(18)14-15-11(16)21-9-5-7(17(19)20)4-8(12-3)13-9/h4-6H,1-3H3,(H,12,13)(H,14,18). The summed E-state index contributed by atoms with van der Waals surface area (Å²) >= 11 is 1.09. The van der Waals surface area contributed by atoms with Gasteiger partial charge in [0.1, 0.15) is 10.8 Å². The number of pyridine rings is 1. The summed E-state index contributed by atoms with van der Waals surface area (Å²) in [7, 11) is 1.62. The largest absolute Gasteiger partial charge is 0.373 e. The molecule has 21 heavy (non-hydrogen) atoms. The smallest absolute Gasteiger partial charge is 0.344 e. The summed E-state index contributed by atoms with van der Waals surface area (Å²) in [5, 5.41) is 20.8. The van der Waals surface area contributed by atoms with E-state index in [9.17, 15) is 14.9 Å². The van der Waals surface area contributed by atoms with Crippen LogP contribution in [0.25, 0.3) is 0 Å². The Morgan fingerprint density at radius 2 is 2.19 bits per heavy atom. The molecule has 0 saturated carbocycles. The quantitative estimate of drug-likeness (QED) is 0.636. The van der Waals surface area contributed by atoms with Crippen LogP contribution in [0.3, 0.4) is 0 Å². The molecule has 0 atom stereocenters. The predicted octanol–water partition coefficient (Wildman–Crippen LogP) is 1.65. The van der Waals surface area contributed by atoms with Crippen molar-refractivity contribution in [3.8, 4) is 0 Å². The van der Waals surface area contributed by atoms with Crippen molar-refractivity contribution in [1.82, 2.24) is 19.7 Å². The van der Waals surface area contributed by atoms with E-state index in [1.807, 2.05) is 13.8 Å². The van der Waals surface area contributed by atoms with Crippen molar-refractivity contribution in [2.24, 2.45) is 0 Å². The molecule has 0 bridgehead atoms. The molecular weight excluding hydrogens is 296 g/mol. The van der Waals surface area contributed by atoms with Crippen LogP contribution in [0.4, 0.5) is 11.5 Å². The molecule has 2 aromatic heterocycles. The number of nitrogens with zero attached hydrogens (tertiary/aromatic N) is 4. The molecule has 112 valence electrons. The SMILES string of the molecule is CNc1cc([N+](=O)[O-])cc(Sc2n[nH]c(=O)n2C(C)C)n1. The van der Waals surface area contributed by atoms with Gasteiger partial charge < -0.3 is 5.32 Å². The third kappa shape index (κ3) is 3.21. The van der Waals surface area contributed by atoms with Crippen molar-refractivity contribution in [1.29, 1.82) is 0 Å². The van der Waals surface area contributed by atoms with Crippen LogP contribution in [0.5, 0.6) is 0 Å². The number of aromatic nitrogens is 4. The Balaban J connectivity index is 2.42. The highest BCUT2D eigenvalue weighted by Gasteiger charge is 2.16. The molecule has 2 heterocycles. The Hall–Kier alpha value is -2.36. The molecule has 0 amide bonds. The summed E-state index contributed by atoms with van der Waals surface area (Å²) in [6.07, 6.45) is 0. The molecule has 0 aromatic carbocycles. The summed E-state index contributed by atoms with van der Waals surface area (Å²) < 4.78 is 1.46. The van der Waals surface area contributed by atoms with Crippen molar-refractivity contribution < 1.29 is 4.92 Å². The van der Waals surface area contributed by atoms with Crippen LogP contribution >= 0.6 is 11.8 Å². The number of hydrogen-bond acceptors (Lipinski definition) is 7. The molecular formula is C11H14N6O3S. The monoisotopic (exact) mass is 310 g/mol. The number of anilines is 1. The van der Waals surface area contributed by atoms with Crippen LogP contribution in [-0.4, -0.2) is 31.7 Å². The molecule has 0 radical (unpaired) electrons. The first-order valence-corrected chi connectivity index (χ1v) is 6.93. The Labute approximate surface area is 123 Å². The summed E-state index contributed by atoms with van der Waals surface area (Å²) in [4.78, 5) is 26.3. The maximum Gasteiger partial charge on any atom is 0.344 e. The molecule has 0 unspecified atom stereocenters. The van der Waals surface area contributed by atoms with E-state index in [1.165, 1.54) is 16.7 Å². The zero-order valence-electron chi connectivity index (χ0n) is 11.7. The van der Waals surface area contributed by atoms with Gasteiger partial charge in [0.15, 0.2) is 5.16 Å². The Morgan fingerprint density at radius 1 is 1.48 bits per heavy atom. The number of nitrogens with one attached hydrogen (secondary N) is 2. The van der Waals surface area contributed by atoms with Gasteiger partial charge >= 0.3 is 5.69 Å². The van der Waals surface area contributed by atoms with Crippen LogP contribution in [0, 0.1) is 10.1 Å². The number of nitro groups is 1. The first-order valence-electron chi connectivity index (χ1n) is 6.11. The van der Waals surface area contributed by atoms with Gasteiger partial charge in [0.25, 0.3) is 5.69 Å². The fourth-order valence-electron chi connectivity index (χ4n) is 1.69. The fraction of sp³-hybridized carbons (Fsp3) is 0.364. The molecule has 0 spiro atoms. The summed E-state index contributed by atoms with van der Waals surface area (Å²) in [5.74, 6) is 0.376. The van der Waals surface area contributed by atoms with Crippen molar-refractivity contribution >= 4 is 23.3 Å². The van der Waals surface area contributed by atoms with Crippen LogP contribution in [0.2, 0.25) is 0 Å². The van der Waals surface area contributed by atoms with Crippen LogP contribution in [0.15, 0.2) is 27.1 Å². The van der Waals surface area contributed by atoms with E-state index in [-0.39, 0.29) is 17.4 Å². The third-order valence-electron chi connectivity index (χ3n) is 2.64. The van der Waals surface area contributed by atoms with Gasteiger partial charge in [-0.05, 0) is 25.6 Å². The van der Waals surface area contributed by atoms with E-state index in [0.29, 0.717) is 16.0 Å². The highest BCUT2D eigenvalue weighted by atomic mass is 32.2. The minimum atomic E-state index is -0.493. The lowest BCUT2D eigenvalue weighted by Gasteiger charge is -2.08. The zero-order chi connectivity index (χ0) is 15.6. The third-order valence-corrected chi connectivity index (χ3v) is 3.53. The van der Waals surface area contributed by atoms with Crippen LogP contribution in [0.1, 0.15) is 19.9 Å². The van der Waals surface area contributed by atoms with Crippen LogP contribution in [-0.2, 0) is 0 Å². The summed E-state index contributed by atoms with van der Waals surface area (Å²) in [6, 6.07) is 2.60. The molecule has 9 nitrogen and oxygen atoms in total. The number of H-pyrrole nitrogens is 1. The summed E-state index contributed by atoms with van der Waals surface area (Å²) in [6.45, 7) is 3.70. The Morgan fingerprint density at radius 3 is 2.76 bits per heavy atom. The molecule has 2 rings (SSSR count). The molecule has 0 saturated heterocycles. The highest BCUT2D eigenvalue weighted by Crippen LogP contribution is 2.29. The second kappa shape index (κ2) is 5.95. The molecule has 0 aliphatic rings. The predicted molar refractivity (Wildman–Crippen MR) is 77.8 cm³/mol. The van der Waals surface area contributed by atoms with Crippen molar-refractivity contribution in [2.75, 3.05) is 12.4 Å². The second-order valence-corrected chi connectivity index (χ2v) is 5.42. The molecule has 0 fully saturated rings. The van der Waals surface area contributed by atoms with Gasteiger partial charge in [0, 0.05) is 19.2 Å². The first-order chi connectivity index (χ1) is 9.92. The molecule has 0 aliphatic heterocycles. The molecule has 2 aromatic rings. The Kier molecular flexibility index (Phi) is 4.26. The number of rotatable bonds is 5. The van der Waals surface area contributed by atoms with E-state index in [4.69, 9.17) is 0 Å². The minimum Gasteiger partial charge on any atom is -0.373 e. The van der Waals surface area contributed by atoms with E-state index >= 15 is 0 Å². The summed E-state index contributed by atoms with van der Waals surface area (Å²) in [5.41, 5.74) is -0.405. The van der Waals surface area contributed by atoms with E-state index in [2.05, 4.69) is 20.5 Å². The average Bonchev–Trinajstić information content (AvgIpc) is 2.79. The Bertz CT molecular complexity index is 723. The van der Waals surface area contributed by atoms with Gasteiger partial charge in [-0.2, -0.15) is 0 Å². The van der Waals surface area contributed by atoms with Gasteiger partial charge in [-0.25, -0.2) is 14.9 Å².